The SMILES string of the molecule is CN(C)Cc1ccc2c(c1)c1nc(NCCc3cnn(C)c3)[nH]c(=O)c1n2CC(F)(F)F. The van der Waals surface area contributed by atoms with Crippen LogP contribution in [0.2, 0.25) is 0 Å². The van der Waals surface area contributed by atoms with Crippen molar-refractivity contribution in [2.75, 3.05) is 26.0 Å². The van der Waals surface area contributed by atoms with Crippen molar-refractivity contribution in [1.82, 2.24) is 29.2 Å². The molecule has 0 saturated carbocycles. The average molecular weight is 447 g/mol. The summed E-state index contributed by atoms with van der Waals surface area (Å²) in [7, 11) is 5.64. The third-order valence-corrected chi connectivity index (χ3v) is 5.07. The van der Waals surface area contributed by atoms with Crippen molar-refractivity contribution in [3.8, 4) is 0 Å². The van der Waals surface area contributed by atoms with Crippen LogP contribution in [0, 0.1) is 0 Å². The van der Waals surface area contributed by atoms with Crippen LogP contribution in [0.3, 0.4) is 0 Å². The minimum atomic E-state index is -4.48. The summed E-state index contributed by atoms with van der Waals surface area (Å²) in [4.78, 5) is 21.9. The van der Waals surface area contributed by atoms with E-state index in [1.54, 1.807) is 29.1 Å². The summed E-state index contributed by atoms with van der Waals surface area (Å²) in [6.07, 6.45) is -0.192. The van der Waals surface area contributed by atoms with Crippen LogP contribution in [0.4, 0.5) is 19.1 Å². The highest BCUT2D eigenvalue weighted by Gasteiger charge is 2.31. The zero-order valence-corrected chi connectivity index (χ0v) is 18.0. The van der Waals surface area contributed by atoms with Crippen LogP contribution in [0.1, 0.15) is 11.1 Å². The Balaban J connectivity index is 1.76. The molecule has 11 heteroatoms. The third kappa shape index (κ3) is 4.62. The van der Waals surface area contributed by atoms with Gasteiger partial charge in [-0.1, -0.05) is 6.07 Å². The van der Waals surface area contributed by atoms with Gasteiger partial charge < -0.3 is 14.8 Å². The Morgan fingerprint density at radius 1 is 1.22 bits per heavy atom. The Bertz CT molecular complexity index is 1320. The first-order valence-electron chi connectivity index (χ1n) is 10.1. The summed E-state index contributed by atoms with van der Waals surface area (Å²) in [6.45, 7) is -0.174. The van der Waals surface area contributed by atoms with Gasteiger partial charge >= 0.3 is 6.18 Å². The molecule has 0 aliphatic carbocycles. The molecule has 0 spiro atoms. The fraction of sp³-hybridized carbons (Fsp3) is 0.381. The molecule has 4 rings (SSSR count). The molecule has 4 aromatic rings. The van der Waals surface area contributed by atoms with Gasteiger partial charge in [0.2, 0.25) is 5.95 Å². The summed E-state index contributed by atoms with van der Waals surface area (Å²) in [5.74, 6) is 0.218. The van der Waals surface area contributed by atoms with Gasteiger partial charge in [0.25, 0.3) is 5.56 Å². The van der Waals surface area contributed by atoms with E-state index in [2.05, 4.69) is 20.4 Å². The van der Waals surface area contributed by atoms with Crippen molar-refractivity contribution in [3.05, 3.63) is 52.1 Å². The van der Waals surface area contributed by atoms with Crippen molar-refractivity contribution in [2.24, 2.45) is 7.05 Å². The molecule has 0 aliphatic heterocycles. The molecule has 1 aromatic carbocycles. The first-order valence-corrected chi connectivity index (χ1v) is 10.1. The van der Waals surface area contributed by atoms with Crippen molar-refractivity contribution >= 4 is 27.9 Å². The molecule has 0 saturated heterocycles. The first-order chi connectivity index (χ1) is 15.1. The smallest absolute Gasteiger partial charge is 0.355 e. The number of anilines is 1. The molecule has 0 fully saturated rings. The van der Waals surface area contributed by atoms with Crippen LogP contribution in [0.25, 0.3) is 21.9 Å². The maximum absolute atomic E-state index is 13.3. The number of rotatable bonds is 7. The number of hydrogen-bond acceptors (Lipinski definition) is 5. The lowest BCUT2D eigenvalue weighted by atomic mass is 10.1. The summed E-state index contributed by atoms with van der Waals surface area (Å²) in [5, 5.41) is 7.69. The monoisotopic (exact) mass is 447 g/mol. The molecule has 8 nitrogen and oxygen atoms in total. The zero-order chi connectivity index (χ0) is 23.0. The van der Waals surface area contributed by atoms with Crippen molar-refractivity contribution in [2.45, 2.75) is 25.7 Å². The Hall–Kier alpha value is -3.34. The molecule has 0 bridgehead atoms. The highest BCUT2D eigenvalue weighted by Crippen LogP contribution is 2.30. The second-order valence-electron chi connectivity index (χ2n) is 8.10. The van der Waals surface area contributed by atoms with E-state index in [1.807, 2.05) is 32.2 Å². The van der Waals surface area contributed by atoms with E-state index in [9.17, 15) is 18.0 Å². The van der Waals surface area contributed by atoms with Gasteiger partial charge in [0.1, 0.15) is 17.6 Å². The topological polar surface area (TPSA) is 83.8 Å². The minimum absolute atomic E-state index is 0.0860. The molecule has 0 unspecified atom stereocenters. The molecule has 32 heavy (non-hydrogen) atoms. The fourth-order valence-electron chi connectivity index (χ4n) is 3.85. The number of fused-ring (bicyclic) bond motifs is 3. The summed E-state index contributed by atoms with van der Waals surface area (Å²) < 4.78 is 42.6. The van der Waals surface area contributed by atoms with Crippen LogP contribution >= 0.6 is 0 Å². The Labute approximate surface area is 181 Å². The zero-order valence-electron chi connectivity index (χ0n) is 18.0. The number of halogens is 3. The van der Waals surface area contributed by atoms with Crippen LogP contribution in [0.15, 0.2) is 35.4 Å². The Morgan fingerprint density at radius 2 is 2.00 bits per heavy atom. The molecular weight excluding hydrogens is 423 g/mol. The molecular formula is C21H24F3N7O. The first kappa shape index (κ1) is 21.9. The summed E-state index contributed by atoms with van der Waals surface area (Å²) in [6, 6.07) is 5.20. The standard InChI is InChI=1S/C21H24F3N7O/c1-29(2)10-13-4-5-16-15(8-13)17-18(31(16)12-21(22,23)24)19(32)28-20(27-17)25-7-6-14-9-26-30(3)11-14/h4-5,8-9,11H,6-7,10,12H2,1-3H3,(H2,25,27,28,32). The van der Waals surface area contributed by atoms with Crippen LogP contribution < -0.4 is 10.9 Å². The lowest BCUT2D eigenvalue weighted by molar-refractivity contribution is -0.139. The molecule has 3 aromatic heterocycles. The largest absolute Gasteiger partial charge is 0.406 e. The summed E-state index contributed by atoms with van der Waals surface area (Å²) >= 11 is 0. The number of benzene rings is 1. The second kappa shape index (κ2) is 8.30. The Kier molecular flexibility index (Phi) is 5.68. The van der Waals surface area contributed by atoms with Gasteiger partial charge in [-0.2, -0.15) is 18.3 Å². The predicted molar refractivity (Wildman–Crippen MR) is 117 cm³/mol. The number of aromatic nitrogens is 5. The van der Waals surface area contributed by atoms with E-state index < -0.39 is 18.3 Å². The van der Waals surface area contributed by atoms with E-state index in [0.717, 1.165) is 15.7 Å². The van der Waals surface area contributed by atoms with Gasteiger partial charge in [-0.3, -0.25) is 14.5 Å². The number of aryl methyl sites for hydroxylation is 1. The number of H-pyrrole nitrogens is 1. The predicted octanol–water partition coefficient (Wildman–Crippen LogP) is 2.89. The fourth-order valence-corrected chi connectivity index (χ4v) is 3.85. The lowest BCUT2D eigenvalue weighted by Gasteiger charge is -2.11. The van der Waals surface area contributed by atoms with Crippen LogP contribution in [-0.2, 0) is 26.6 Å². The number of aromatic amines is 1. The van der Waals surface area contributed by atoms with Gasteiger partial charge in [0, 0.05) is 31.7 Å². The van der Waals surface area contributed by atoms with E-state index in [4.69, 9.17) is 0 Å². The van der Waals surface area contributed by atoms with Gasteiger partial charge in [0.05, 0.1) is 11.7 Å². The van der Waals surface area contributed by atoms with Crippen LogP contribution in [0.5, 0.6) is 0 Å². The van der Waals surface area contributed by atoms with Crippen LogP contribution in [-0.4, -0.2) is 56.0 Å². The Morgan fingerprint density at radius 3 is 2.66 bits per heavy atom. The second-order valence-corrected chi connectivity index (χ2v) is 8.10. The molecule has 0 amide bonds. The minimum Gasteiger partial charge on any atom is -0.355 e. The van der Waals surface area contributed by atoms with Gasteiger partial charge in [0.15, 0.2) is 0 Å². The van der Waals surface area contributed by atoms with E-state index >= 15 is 0 Å². The van der Waals surface area contributed by atoms with Gasteiger partial charge in [-0.05, 0) is 43.8 Å². The molecule has 0 radical (unpaired) electrons. The molecule has 3 heterocycles. The molecule has 170 valence electrons. The van der Waals surface area contributed by atoms with Crippen molar-refractivity contribution < 1.29 is 13.2 Å². The quantitative estimate of drug-likeness (QED) is 0.455. The number of nitrogens with one attached hydrogen (secondary N) is 2. The number of alkyl halides is 3. The maximum atomic E-state index is 13.3. The van der Waals surface area contributed by atoms with Gasteiger partial charge in [-0.25, -0.2) is 4.98 Å². The number of hydrogen-bond donors (Lipinski definition) is 2. The van der Waals surface area contributed by atoms with Gasteiger partial charge in [-0.15, -0.1) is 0 Å². The van der Waals surface area contributed by atoms with Crippen molar-refractivity contribution in [1.29, 1.82) is 0 Å². The van der Waals surface area contributed by atoms with E-state index in [0.29, 0.717) is 30.4 Å². The number of nitrogens with zero attached hydrogens (tertiary/aromatic N) is 5. The molecule has 0 atom stereocenters. The average Bonchev–Trinajstić information content (AvgIpc) is 3.22. The highest BCUT2D eigenvalue weighted by atomic mass is 19.4. The molecule has 0 aliphatic rings. The summed E-state index contributed by atoms with van der Waals surface area (Å²) in [5.41, 5.74) is 1.80. The van der Waals surface area contributed by atoms with E-state index in [-0.39, 0.29) is 17.0 Å². The molecule has 2 N–H and O–H groups in total. The van der Waals surface area contributed by atoms with E-state index in [1.165, 1.54) is 0 Å². The highest BCUT2D eigenvalue weighted by molar-refractivity contribution is 6.06. The lowest BCUT2D eigenvalue weighted by Crippen LogP contribution is -2.22. The third-order valence-electron chi connectivity index (χ3n) is 5.07. The van der Waals surface area contributed by atoms with Crippen molar-refractivity contribution in [3.63, 3.8) is 0 Å². The maximum Gasteiger partial charge on any atom is 0.406 e. The normalized spacial score (nSPS) is 12.3.